The first-order chi connectivity index (χ1) is 14.3. The van der Waals surface area contributed by atoms with Crippen molar-refractivity contribution in [2.75, 3.05) is 31.6 Å². The topological polar surface area (TPSA) is 94.2 Å². The van der Waals surface area contributed by atoms with Crippen LogP contribution in [0.3, 0.4) is 0 Å². The third-order valence-electron chi connectivity index (χ3n) is 4.92. The van der Waals surface area contributed by atoms with Crippen molar-refractivity contribution in [1.82, 2.24) is 4.31 Å². The highest BCUT2D eigenvalue weighted by atomic mass is 32.2. The van der Waals surface area contributed by atoms with Crippen LogP contribution >= 0.6 is 0 Å². The van der Waals surface area contributed by atoms with Crippen LogP contribution in [-0.4, -0.2) is 57.1 Å². The summed E-state index contributed by atoms with van der Waals surface area (Å²) in [5, 5.41) is 2.78. The monoisotopic (exact) mass is 432 g/mol. The zero-order valence-electron chi connectivity index (χ0n) is 16.8. The van der Waals surface area contributed by atoms with Crippen molar-refractivity contribution in [3.05, 3.63) is 48.0 Å². The van der Waals surface area contributed by atoms with Crippen molar-refractivity contribution in [3.8, 4) is 11.5 Å². The number of nitrogens with one attached hydrogen (secondary N) is 1. The van der Waals surface area contributed by atoms with Crippen LogP contribution in [0.2, 0.25) is 0 Å². The fourth-order valence-corrected chi connectivity index (χ4v) is 5.24. The molecule has 2 aromatic carbocycles. The van der Waals surface area contributed by atoms with Gasteiger partial charge in [0, 0.05) is 30.4 Å². The maximum Gasteiger partial charge on any atom is 0.255 e. The van der Waals surface area contributed by atoms with Crippen LogP contribution in [0.15, 0.2) is 47.4 Å². The van der Waals surface area contributed by atoms with E-state index in [0.717, 1.165) is 0 Å². The molecule has 0 saturated carbocycles. The van der Waals surface area contributed by atoms with Crippen molar-refractivity contribution < 1.29 is 27.4 Å². The lowest BCUT2D eigenvalue weighted by molar-refractivity contribution is -0.0440. The molecule has 0 spiro atoms. The third-order valence-corrected chi connectivity index (χ3v) is 6.75. The maximum absolute atomic E-state index is 13.1. The minimum absolute atomic E-state index is 0.0821. The molecule has 1 fully saturated rings. The Morgan fingerprint density at radius 1 is 1.00 bits per heavy atom. The van der Waals surface area contributed by atoms with E-state index in [9.17, 15) is 13.2 Å². The summed E-state index contributed by atoms with van der Waals surface area (Å²) in [4.78, 5) is 12.8. The lowest BCUT2D eigenvalue weighted by Gasteiger charge is -2.34. The molecule has 30 heavy (non-hydrogen) atoms. The van der Waals surface area contributed by atoms with E-state index >= 15 is 0 Å². The highest BCUT2D eigenvalue weighted by Gasteiger charge is 2.32. The van der Waals surface area contributed by atoms with Gasteiger partial charge in [0.05, 0.1) is 17.1 Å². The molecule has 1 amide bonds. The molecular formula is C21H24N2O6S. The molecule has 8 nitrogen and oxygen atoms in total. The minimum Gasteiger partial charge on any atom is -0.486 e. The average molecular weight is 432 g/mol. The molecule has 160 valence electrons. The Morgan fingerprint density at radius 2 is 1.70 bits per heavy atom. The first-order valence-electron chi connectivity index (χ1n) is 9.79. The molecule has 0 unspecified atom stereocenters. The van der Waals surface area contributed by atoms with Gasteiger partial charge in [-0.3, -0.25) is 4.79 Å². The summed E-state index contributed by atoms with van der Waals surface area (Å²) in [6.45, 7) is 5.18. The normalized spacial score (nSPS) is 21.8. The van der Waals surface area contributed by atoms with E-state index in [4.69, 9.17) is 14.2 Å². The second-order valence-corrected chi connectivity index (χ2v) is 9.36. The van der Waals surface area contributed by atoms with Crippen molar-refractivity contribution in [3.63, 3.8) is 0 Å². The van der Waals surface area contributed by atoms with Gasteiger partial charge in [-0.1, -0.05) is 6.07 Å². The Morgan fingerprint density at radius 3 is 2.43 bits per heavy atom. The number of hydrogen-bond donors (Lipinski definition) is 1. The molecular weight excluding hydrogens is 408 g/mol. The van der Waals surface area contributed by atoms with Gasteiger partial charge in [0.25, 0.3) is 5.91 Å². The number of rotatable bonds is 4. The molecule has 0 radical (unpaired) electrons. The maximum atomic E-state index is 13.1. The van der Waals surface area contributed by atoms with Crippen LogP contribution in [0.25, 0.3) is 0 Å². The number of sulfonamides is 1. The van der Waals surface area contributed by atoms with E-state index in [2.05, 4.69) is 5.32 Å². The van der Waals surface area contributed by atoms with Crippen molar-refractivity contribution in [1.29, 1.82) is 0 Å². The summed E-state index contributed by atoms with van der Waals surface area (Å²) in [6, 6.07) is 11.2. The van der Waals surface area contributed by atoms with Gasteiger partial charge in [-0.2, -0.15) is 4.31 Å². The third kappa shape index (κ3) is 4.28. The van der Waals surface area contributed by atoms with Gasteiger partial charge >= 0.3 is 0 Å². The van der Waals surface area contributed by atoms with E-state index in [0.29, 0.717) is 30.4 Å². The number of hydrogen-bond acceptors (Lipinski definition) is 6. The van der Waals surface area contributed by atoms with Gasteiger partial charge in [0.15, 0.2) is 11.5 Å². The number of anilines is 1. The number of ether oxygens (including phenoxy) is 3. The van der Waals surface area contributed by atoms with E-state index in [-0.39, 0.29) is 35.8 Å². The molecule has 9 heteroatoms. The standard InChI is InChI=1S/C21H24N2O6S/c1-14-12-23(13-15(2)29-14)30(25,26)18-5-3-4-16(10-18)21(24)22-17-6-7-19-20(11-17)28-9-8-27-19/h3-7,10-11,14-15H,8-9,12-13H2,1-2H3,(H,22,24)/t14-,15-/m0/s1. The number of amides is 1. The second-order valence-electron chi connectivity index (χ2n) is 7.42. The number of nitrogens with zero attached hydrogens (tertiary/aromatic N) is 1. The lowest BCUT2D eigenvalue weighted by Crippen LogP contribution is -2.48. The minimum atomic E-state index is -3.73. The van der Waals surface area contributed by atoms with Crippen LogP contribution in [0.5, 0.6) is 11.5 Å². The van der Waals surface area contributed by atoms with Crippen LogP contribution in [0, 0.1) is 0 Å². The SMILES string of the molecule is C[C@H]1CN(S(=O)(=O)c2cccc(C(=O)Nc3ccc4c(c3)OCCO4)c2)C[C@H](C)O1. The largest absolute Gasteiger partial charge is 0.486 e. The number of benzene rings is 2. The quantitative estimate of drug-likeness (QED) is 0.798. The molecule has 1 saturated heterocycles. The Hall–Kier alpha value is -2.62. The number of carbonyl (C=O) groups is 1. The summed E-state index contributed by atoms with van der Waals surface area (Å²) >= 11 is 0. The zero-order valence-corrected chi connectivity index (χ0v) is 17.6. The summed E-state index contributed by atoms with van der Waals surface area (Å²) in [5.74, 6) is 0.777. The molecule has 2 atom stereocenters. The first kappa shape index (κ1) is 20.6. The first-order valence-corrected chi connectivity index (χ1v) is 11.2. The number of morpholine rings is 1. The molecule has 2 heterocycles. The Kier molecular flexibility index (Phi) is 5.68. The van der Waals surface area contributed by atoms with Crippen LogP contribution < -0.4 is 14.8 Å². The Bertz CT molecular complexity index is 1050. The van der Waals surface area contributed by atoms with Gasteiger partial charge in [-0.25, -0.2) is 8.42 Å². The van der Waals surface area contributed by atoms with Crippen LogP contribution in [-0.2, 0) is 14.8 Å². The molecule has 4 rings (SSSR count). The summed E-state index contributed by atoms with van der Waals surface area (Å²) in [7, 11) is -3.73. The van der Waals surface area contributed by atoms with Crippen molar-refractivity contribution in [2.24, 2.45) is 0 Å². The highest BCUT2D eigenvalue weighted by molar-refractivity contribution is 7.89. The summed E-state index contributed by atoms with van der Waals surface area (Å²) in [6.07, 6.45) is -0.379. The predicted molar refractivity (Wildman–Crippen MR) is 111 cm³/mol. The number of fused-ring (bicyclic) bond motifs is 1. The molecule has 1 N–H and O–H groups in total. The second kappa shape index (κ2) is 8.25. The summed E-state index contributed by atoms with van der Waals surface area (Å²) in [5.41, 5.74) is 0.786. The fraction of sp³-hybridized carbons (Fsp3) is 0.381. The van der Waals surface area contributed by atoms with Crippen LogP contribution in [0.1, 0.15) is 24.2 Å². The predicted octanol–water partition coefficient (Wildman–Crippen LogP) is 2.51. The van der Waals surface area contributed by atoms with Gasteiger partial charge < -0.3 is 19.5 Å². The van der Waals surface area contributed by atoms with Crippen LogP contribution in [0.4, 0.5) is 5.69 Å². The molecule has 0 bridgehead atoms. The lowest BCUT2D eigenvalue weighted by atomic mass is 10.2. The van der Waals surface area contributed by atoms with E-state index in [1.54, 1.807) is 30.3 Å². The van der Waals surface area contributed by atoms with Gasteiger partial charge in [-0.15, -0.1) is 0 Å². The highest BCUT2D eigenvalue weighted by Crippen LogP contribution is 2.32. The van der Waals surface area contributed by atoms with E-state index in [1.807, 2.05) is 13.8 Å². The average Bonchev–Trinajstić information content (AvgIpc) is 2.73. The van der Waals surface area contributed by atoms with Gasteiger partial charge in [-0.05, 0) is 44.2 Å². The van der Waals surface area contributed by atoms with Crippen molar-refractivity contribution >= 4 is 21.6 Å². The van der Waals surface area contributed by atoms with Crippen molar-refractivity contribution in [2.45, 2.75) is 31.0 Å². The summed E-state index contributed by atoms with van der Waals surface area (Å²) < 4.78 is 44.2. The van der Waals surface area contributed by atoms with Gasteiger partial charge in [0.1, 0.15) is 13.2 Å². The smallest absolute Gasteiger partial charge is 0.255 e. The molecule has 2 aliphatic rings. The molecule has 2 aromatic rings. The van der Waals surface area contributed by atoms with Gasteiger partial charge in [0.2, 0.25) is 10.0 Å². The molecule has 2 aliphatic heterocycles. The molecule has 0 aliphatic carbocycles. The zero-order chi connectivity index (χ0) is 21.3. The van der Waals surface area contributed by atoms with E-state index < -0.39 is 15.9 Å². The Labute approximate surface area is 175 Å². The Balaban J connectivity index is 1.53. The van der Waals surface area contributed by atoms with E-state index in [1.165, 1.54) is 16.4 Å². The number of carbonyl (C=O) groups excluding carboxylic acids is 1. The molecule has 0 aromatic heterocycles. The fourth-order valence-electron chi connectivity index (χ4n) is 3.60.